The molecule has 2 unspecified atom stereocenters. The largest absolute Gasteiger partial charge is 0.383 e. The van der Waals surface area contributed by atoms with Gasteiger partial charge in [0, 0.05) is 19.7 Å². The fourth-order valence-electron chi connectivity index (χ4n) is 3.70. The second kappa shape index (κ2) is 8.13. The summed E-state index contributed by atoms with van der Waals surface area (Å²) in [5, 5.41) is 3.43. The molecular weight excluding hydrogens is 224 g/mol. The first-order valence-corrected chi connectivity index (χ1v) is 7.85. The molecule has 0 aromatic carbocycles. The highest BCUT2D eigenvalue weighted by Gasteiger charge is 2.34. The number of likely N-dealkylation sites (tertiary alicyclic amines) is 1. The van der Waals surface area contributed by atoms with Crippen LogP contribution in [0.3, 0.4) is 0 Å². The zero-order valence-corrected chi connectivity index (χ0v) is 12.0. The molecule has 1 saturated heterocycles. The van der Waals surface area contributed by atoms with Gasteiger partial charge >= 0.3 is 0 Å². The molecule has 0 aromatic heterocycles. The molecule has 1 N–H and O–H groups in total. The minimum Gasteiger partial charge on any atom is -0.383 e. The molecule has 2 rings (SSSR count). The average Bonchev–Trinajstić information content (AvgIpc) is 2.86. The molecule has 106 valence electrons. The van der Waals surface area contributed by atoms with E-state index in [9.17, 15) is 0 Å². The van der Waals surface area contributed by atoms with Crippen LogP contribution in [0.2, 0.25) is 0 Å². The van der Waals surface area contributed by atoms with Crippen molar-refractivity contribution in [1.29, 1.82) is 0 Å². The summed E-state index contributed by atoms with van der Waals surface area (Å²) in [6.07, 6.45) is 10.0. The Balaban J connectivity index is 1.53. The van der Waals surface area contributed by atoms with E-state index in [0.29, 0.717) is 0 Å². The maximum Gasteiger partial charge on any atom is 0.0587 e. The molecule has 0 radical (unpaired) electrons. The normalized spacial score (nSPS) is 28.5. The third-order valence-corrected chi connectivity index (χ3v) is 4.64. The van der Waals surface area contributed by atoms with Gasteiger partial charge in [-0.3, -0.25) is 0 Å². The first-order valence-electron chi connectivity index (χ1n) is 7.85. The number of ether oxygens (including phenoxy) is 1. The lowest BCUT2D eigenvalue weighted by molar-refractivity contribution is 0.111. The van der Waals surface area contributed by atoms with Crippen molar-refractivity contribution in [2.75, 3.05) is 39.9 Å². The van der Waals surface area contributed by atoms with Gasteiger partial charge < -0.3 is 15.0 Å². The van der Waals surface area contributed by atoms with Crippen LogP contribution in [0, 0.1) is 5.92 Å². The molecule has 0 bridgehead atoms. The van der Waals surface area contributed by atoms with Crippen LogP contribution in [0.4, 0.5) is 0 Å². The highest BCUT2D eigenvalue weighted by Crippen LogP contribution is 2.36. The Labute approximate surface area is 112 Å². The first kappa shape index (κ1) is 14.3. The number of piperidine rings is 1. The molecule has 2 aliphatic rings. The molecule has 2 fully saturated rings. The van der Waals surface area contributed by atoms with Crippen molar-refractivity contribution in [3.8, 4) is 0 Å². The summed E-state index contributed by atoms with van der Waals surface area (Å²) in [6, 6.07) is 0.945. The lowest BCUT2D eigenvalue weighted by Gasteiger charge is -2.37. The van der Waals surface area contributed by atoms with Crippen molar-refractivity contribution in [1.82, 2.24) is 10.2 Å². The Hall–Kier alpha value is -0.120. The van der Waals surface area contributed by atoms with E-state index in [-0.39, 0.29) is 0 Å². The second-order valence-corrected chi connectivity index (χ2v) is 5.89. The monoisotopic (exact) mass is 254 g/mol. The van der Waals surface area contributed by atoms with Crippen molar-refractivity contribution in [2.45, 2.75) is 51.0 Å². The molecule has 3 heteroatoms. The van der Waals surface area contributed by atoms with Gasteiger partial charge in [-0.2, -0.15) is 0 Å². The van der Waals surface area contributed by atoms with E-state index in [2.05, 4.69) is 10.2 Å². The van der Waals surface area contributed by atoms with E-state index in [4.69, 9.17) is 4.74 Å². The molecule has 1 aliphatic heterocycles. The second-order valence-electron chi connectivity index (χ2n) is 5.89. The van der Waals surface area contributed by atoms with Gasteiger partial charge in [-0.05, 0) is 64.1 Å². The van der Waals surface area contributed by atoms with Crippen molar-refractivity contribution in [3.05, 3.63) is 0 Å². The van der Waals surface area contributed by atoms with Gasteiger partial charge in [-0.25, -0.2) is 0 Å². The summed E-state index contributed by atoms with van der Waals surface area (Å²) < 4.78 is 5.02. The van der Waals surface area contributed by atoms with Crippen LogP contribution in [0.1, 0.15) is 44.9 Å². The Morgan fingerprint density at radius 3 is 2.89 bits per heavy atom. The number of methoxy groups -OCH3 is 1. The molecule has 0 spiro atoms. The summed E-state index contributed by atoms with van der Waals surface area (Å²) >= 11 is 0. The Bertz CT molecular complexity index is 223. The highest BCUT2D eigenvalue weighted by atomic mass is 16.5. The molecule has 1 aliphatic carbocycles. The quantitative estimate of drug-likeness (QED) is 0.673. The number of nitrogens with one attached hydrogen (secondary N) is 1. The summed E-state index contributed by atoms with van der Waals surface area (Å²) in [4.78, 5) is 2.79. The topological polar surface area (TPSA) is 24.5 Å². The number of nitrogens with zero attached hydrogens (tertiary/aromatic N) is 1. The maximum atomic E-state index is 5.02. The van der Waals surface area contributed by atoms with Crippen LogP contribution >= 0.6 is 0 Å². The third kappa shape index (κ3) is 4.22. The summed E-state index contributed by atoms with van der Waals surface area (Å²) in [7, 11) is 1.76. The molecule has 0 aromatic rings. The minimum absolute atomic E-state index is 0.829. The Morgan fingerprint density at radius 2 is 2.00 bits per heavy atom. The van der Waals surface area contributed by atoms with Gasteiger partial charge in [-0.15, -0.1) is 0 Å². The van der Waals surface area contributed by atoms with Gasteiger partial charge in [0.05, 0.1) is 6.61 Å². The number of hydrogen-bond acceptors (Lipinski definition) is 3. The molecule has 1 heterocycles. The molecule has 2 atom stereocenters. The number of fused-ring (bicyclic) bond motifs is 1. The number of hydrogen-bond donors (Lipinski definition) is 1. The van der Waals surface area contributed by atoms with E-state index in [1.54, 1.807) is 7.11 Å². The predicted molar refractivity (Wildman–Crippen MR) is 75.9 cm³/mol. The predicted octanol–water partition coefficient (Wildman–Crippen LogP) is 2.27. The van der Waals surface area contributed by atoms with Crippen molar-refractivity contribution < 1.29 is 4.74 Å². The number of rotatable bonds is 8. The molecule has 18 heavy (non-hydrogen) atoms. The van der Waals surface area contributed by atoms with E-state index in [1.807, 2.05) is 0 Å². The molecule has 0 amide bonds. The SMILES string of the molecule is COCCNCCCCN1CCCC2CCCC21. The fourth-order valence-corrected chi connectivity index (χ4v) is 3.70. The van der Waals surface area contributed by atoms with Crippen molar-refractivity contribution >= 4 is 0 Å². The van der Waals surface area contributed by atoms with E-state index in [0.717, 1.165) is 31.7 Å². The standard InChI is InChI=1S/C15H30N2O/c1-18-13-10-16-9-2-3-11-17-12-5-7-14-6-4-8-15(14)17/h14-16H,2-13H2,1H3. The van der Waals surface area contributed by atoms with Gasteiger partial charge in [-0.1, -0.05) is 6.42 Å². The van der Waals surface area contributed by atoms with Crippen molar-refractivity contribution in [2.24, 2.45) is 5.92 Å². The Morgan fingerprint density at radius 1 is 1.11 bits per heavy atom. The first-order chi connectivity index (χ1) is 8.92. The van der Waals surface area contributed by atoms with Crippen LogP contribution in [0.5, 0.6) is 0 Å². The lowest BCUT2D eigenvalue weighted by atomic mass is 9.92. The van der Waals surface area contributed by atoms with Crippen LogP contribution < -0.4 is 5.32 Å². The smallest absolute Gasteiger partial charge is 0.0587 e. The molecule has 3 nitrogen and oxygen atoms in total. The van der Waals surface area contributed by atoms with Gasteiger partial charge in [0.15, 0.2) is 0 Å². The lowest BCUT2D eigenvalue weighted by Crippen LogP contribution is -2.43. The van der Waals surface area contributed by atoms with Crippen LogP contribution in [0.15, 0.2) is 0 Å². The fraction of sp³-hybridized carbons (Fsp3) is 1.00. The highest BCUT2D eigenvalue weighted by molar-refractivity contribution is 4.88. The van der Waals surface area contributed by atoms with Gasteiger partial charge in [0.2, 0.25) is 0 Å². The maximum absolute atomic E-state index is 5.02. The average molecular weight is 254 g/mol. The molecular formula is C15H30N2O. The Kier molecular flexibility index (Phi) is 6.46. The zero-order chi connectivity index (χ0) is 12.6. The van der Waals surface area contributed by atoms with E-state index >= 15 is 0 Å². The zero-order valence-electron chi connectivity index (χ0n) is 12.0. The minimum atomic E-state index is 0.829. The van der Waals surface area contributed by atoms with E-state index in [1.165, 1.54) is 58.0 Å². The van der Waals surface area contributed by atoms with Crippen LogP contribution in [-0.4, -0.2) is 50.8 Å². The van der Waals surface area contributed by atoms with Crippen LogP contribution in [0.25, 0.3) is 0 Å². The third-order valence-electron chi connectivity index (χ3n) is 4.64. The van der Waals surface area contributed by atoms with Gasteiger partial charge in [0.25, 0.3) is 0 Å². The van der Waals surface area contributed by atoms with Crippen molar-refractivity contribution in [3.63, 3.8) is 0 Å². The summed E-state index contributed by atoms with van der Waals surface area (Å²) in [5.41, 5.74) is 0. The summed E-state index contributed by atoms with van der Waals surface area (Å²) in [6.45, 7) is 5.65. The summed E-state index contributed by atoms with van der Waals surface area (Å²) in [5.74, 6) is 1.04. The molecule has 1 saturated carbocycles. The van der Waals surface area contributed by atoms with Gasteiger partial charge in [0.1, 0.15) is 0 Å². The van der Waals surface area contributed by atoms with Crippen LogP contribution in [-0.2, 0) is 4.74 Å². The van der Waals surface area contributed by atoms with E-state index < -0.39 is 0 Å². The number of unbranched alkanes of at least 4 members (excludes halogenated alkanes) is 1.